The third kappa shape index (κ3) is 4.10. The number of nitrogens with one attached hydrogen (secondary N) is 1. The van der Waals surface area contributed by atoms with Gasteiger partial charge in [-0.15, -0.1) is 0 Å². The van der Waals surface area contributed by atoms with Crippen LogP contribution in [0.3, 0.4) is 0 Å². The highest BCUT2D eigenvalue weighted by Gasteiger charge is 2.43. The molecular weight excluding hydrogens is 300 g/mol. The highest BCUT2D eigenvalue weighted by atomic mass is 19.3. The molecule has 1 heterocycles. The lowest BCUT2D eigenvalue weighted by atomic mass is 10.0. The lowest BCUT2D eigenvalue weighted by Gasteiger charge is -2.34. The molecule has 0 spiro atoms. The summed E-state index contributed by atoms with van der Waals surface area (Å²) in [6.07, 6.45) is -7.44. The number of rotatable bonds is 6. The second-order valence-electron chi connectivity index (χ2n) is 5.24. The van der Waals surface area contributed by atoms with Crippen molar-refractivity contribution in [3.05, 3.63) is 29.8 Å². The Morgan fingerprint density at radius 3 is 2.27 bits per heavy atom. The molecule has 1 aliphatic rings. The molecular formula is C15H20F4N2O. The fourth-order valence-corrected chi connectivity index (χ4v) is 2.66. The Hall–Kier alpha value is -1.34. The summed E-state index contributed by atoms with van der Waals surface area (Å²) in [6, 6.07) is 6.14. The van der Waals surface area contributed by atoms with Crippen LogP contribution < -0.4 is 10.1 Å². The van der Waals surface area contributed by atoms with Crippen molar-refractivity contribution in [2.75, 3.05) is 26.2 Å². The summed E-state index contributed by atoms with van der Waals surface area (Å²) < 4.78 is 54.0. The third-order valence-electron chi connectivity index (χ3n) is 3.75. The standard InChI is InChI=1S/C15H20F4N2O/c1-2-13(21-9-7-20-8-10-21)11-3-5-12(6-4-11)22-15(18,19)14(16)17/h3-6,13-14,20H,2,7-10H2,1H3/t13-/m1/s1. The number of benzene rings is 1. The highest BCUT2D eigenvalue weighted by molar-refractivity contribution is 5.29. The van der Waals surface area contributed by atoms with Crippen LogP contribution >= 0.6 is 0 Å². The molecule has 0 amide bonds. The van der Waals surface area contributed by atoms with Crippen molar-refractivity contribution >= 4 is 0 Å². The molecule has 0 aromatic heterocycles. The molecule has 0 aliphatic carbocycles. The number of alkyl halides is 4. The fraction of sp³-hybridized carbons (Fsp3) is 0.600. The summed E-state index contributed by atoms with van der Waals surface area (Å²) in [5.74, 6) is -0.260. The molecule has 7 heteroatoms. The Bertz CT molecular complexity index is 461. The Labute approximate surface area is 127 Å². The maximum absolute atomic E-state index is 12.9. The van der Waals surface area contributed by atoms with Crippen molar-refractivity contribution in [1.29, 1.82) is 0 Å². The van der Waals surface area contributed by atoms with Gasteiger partial charge in [0, 0.05) is 32.2 Å². The number of hydrogen-bond acceptors (Lipinski definition) is 3. The van der Waals surface area contributed by atoms with Crippen LogP contribution in [0.25, 0.3) is 0 Å². The molecule has 1 saturated heterocycles. The van der Waals surface area contributed by atoms with E-state index in [1.807, 2.05) is 0 Å². The molecule has 1 N–H and O–H groups in total. The van der Waals surface area contributed by atoms with Crippen LogP contribution in [0.4, 0.5) is 17.6 Å². The molecule has 0 radical (unpaired) electrons. The van der Waals surface area contributed by atoms with E-state index in [9.17, 15) is 17.6 Å². The minimum absolute atomic E-state index is 0.187. The number of ether oxygens (including phenoxy) is 1. The molecule has 2 rings (SSSR count). The smallest absolute Gasteiger partial charge is 0.428 e. The van der Waals surface area contributed by atoms with Crippen molar-refractivity contribution in [3.8, 4) is 5.75 Å². The minimum atomic E-state index is -4.47. The first kappa shape index (κ1) is 17.0. The number of piperazine rings is 1. The van der Waals surface area contributed by atoms with Gasteiger partial charge in [-0.3, -0.25) is 4.90 Å². The molecule has 1 fully saturated rings. The number of hydrogen-bond donors (Lipinski definition) is 1. The molecule has 1 aromatic carbocycles. The second-order valence-corrected chi connectivity index (χ2v) is 5.24. The topological polar surface area (TPSA) is 24.5 Å². The van der Waals surface area contributed by atoms with Gasteiger partial charge in [-0.2, -0.15) is 17.6 Å². The number of nitrogens with zero attached hydrogens (tertiary/aromatic N) is 1. The van der Waals surface area contributed by atoms with Gasteiger partial charge in [0.2, 0.25) is 0 Å². The van der Waals surface area contributed by atoms with E-state index in [4.69, 9.17) is 0 Å². The molecule has 22 heavy (non-hydrogen) atoms. The molecule has 0 bridgehead atoms. The predicted octanol–water partition coefficient (Wildman–Crippen LogP) is 3.28. The van der Waals surface area contributed by atoms with E-state index in [2.05, 4.69) is 21.9 Å². The van der Waals surface area contributed by atoms with Crippen LogP contribution in [0, 0.1) is 0 Å². The van der Waals surface area contributed by atoms with E-state index in [0.29, 0.717) is 0 Å². The summed E-state index contributed by atoms with van der Waals surface area (Å²) in [5.41, 5.74) is 0.970. The molecule has 1 atom stereocenters. The second kappa shape index (κ2) is 7.28. The van der Waals surface area contributed by atoms with Crippen LogP contribution in [-0.2, 0) is 0 Å². The van der Waals surface area contributed by atoms with Gasteiger partial charge in [0.1, 0.15) is 5.75 Å². The molecule has 1 aliphatic heterocycles. The van der Waals surface area contributed by atoms with E-state index < -0.39 is 12.5 Å². The number of halogens is 4. The Morgan fingerprint density at radius 2 is 1.77 bits per heavy atom. The predicted molar refractivity (Wildman–Crippen MR) is 75.5 cm³/mol. The quantitative estimate of drug-likeness (QED) is 0.814. The highest BCUT2D eigenvalue weighted by Crippen LogP contribution is 2.30. The van der Waals surface area contributed by atoms with Crippen LogP contribution in [0.1, 0.15) is 24.9 Å². The largest absolute Gasteiger partial charge is 0.461 e. The van der Waals surface area contributed by atoms with Crippen LogP contribution in [0.15, 0.2) is 24.3 Å². The van der Waals surface area contributed by atoms with E-state index >= 15 is 0 Å². The Morgan fingerprint density at radius 1 is 1.18 bits per heavy atom. The van der Waals surface area contributed by atoms with Gasteiger partial charge in [-0.05, 0) is 24.1 Å². The van der Waals surface area contributed by atoms with Gasteiger partial charge in [0.05, 0.1) is 0 Å². The maximum atomic E-state index is 12.9. The van der Waals surface area contributed by atoms with Crippen molar-refractivity contribution in [2.24, 2.45) is 0 Å². The zero-order valence-corrected chi connectivity index (χ0v) is 12.4. The van der Waals surface area contributed by atoms with Crippen molar-refractivity contribution in [1.82, 2.24) is 10.2 Å². The van der Waals surface area contributed by atoms with Crippen molar-refractivity contribution in [2.45, 2.75) is 31.9 Å². The van der Waals surface area contributed by atoms with Gasteiger partial charge in [-0.1, -0.05) is 19.1 Å². The molecule has 1 aromatic rings. The van der Waals surface area contributed by atoms with E-state index in [1.165, 1.54) is 12.1 Å². The third-order valence-corrected chi connectivity index (χ3v) is 3.75. The summed E-state index contributed by atoms with van der Waals surface area (Å²) in [4.78, 5) is 2.32. The lowest BCUT2D eigenvalue weighted by Crippen LogP contribution is -2.45. The first-order chi connectivity index (χ1) is 10.4. The van der Waals surface area contributed by atoms with Crippen LogP contribution in [0.2, 0.25) is 0 Å². The maximum Gasteiger partial charge on any atom is 0.461 e. The normalized spacial score (nSPS) is 18.5. The first-order valence-corrected chi connectivity index (χ1v) is 7.33. The summed E-state index contributed by atoms with van der Waals surface area (Å²) in [5, 5.41) is 3.27. The first-order valence-electron chi connectivity index (χ1n) is 7.33. The minimum Gasteiger partial charge on any atom is -0.428 e. The average Bonchev–Trinajstić information content (AvgIpc) is 2.50. The van der Waals surface area contributed by atoms with Gasteiger partial charge in [0.15, 0.2) is 0 Å². The van der Waals surface area contributed by atoms with Crippen molar-refractivity contribution in [3.63, 3.8) is 0 Å². The monoisotopic (exact) mass is 320 g/mol. The van der Waals surface area contributed by atoms with Crippen LogP contribution in [-0.4, -0.2) is 43.6 Å². The van der Waals surface area contributed by atoms with E-state index in [-0.39, 0.29) is 11.8 Å². The van der Waals surface area contributed by atoms with E-state index in [0.717, 1.165) is 38.2 Å². The Balaban J connectivity index is 2.06. The van der Waals surface area contributed by atoms with E-state index in [1.54, 1.807) is 12.1 Å². The summed E-state index contributed by atoms with van der Waals surface area (Å²) in [7, 11) is 0. The van der Waals surface area contributed by atoms with Gasteiger partial charge < -0.3 is 10.1 Å². The molecule has 3 nitrogen and oxygen atoms in total. The lowest BCUT2D eigenvalue weighted by molar-refractivity contribution is -0.253. The fourth-order valence-electron chi connectivity index (χ4n) is 2.66. The molecule has 124 valence electrons. The van der Waals surface area contributed by atoms with Crippen LogP contribution in [0.5, 0.6) is 5.75 Å². The van der Waals surface area contributed by atoms with Gasteiger partial charge in [-0.25, -0.2) is 0 Å². The summed E-state index contributed by atoms with van der Waals surface area (Å²) in [6.45, 7) is 5.72. The van der Waals surface area contributed by atoms with Gasteiger partial charge >= 0.3 is 12.5 Å². The average molecular weight is 320 g/mol. The summed E-state index contributed by atoms with van der Waals surface area (Å²) >= 11 is 0. The zero-order chi connectivity index (χ0) is 16.2. The van der Waals surface area contributed by atoms with Gasteiger partial charge in [0.25, 0.3) is 0 Å². The SMILES string of the molecule is CC[C@H](c1ccc(OC(F)(F)C(F)F)cc1)N1CCNCC1. The van der Waals surface area contributed by atoms with Crippen molar-refractivity contribution < 1.29 is 22.3 Å². The molecule has 0 unspecified atom stereocenters. The Kier molecular flexibility index (Phi) is 5.63. The zero-order valence-electron chi connectivity index (χ0n) is 12.4. The molecule has 0 saturated carbocycles.